The molecule has 1 aromatic carbocycles. The molecule has 5 heteroatoms. The highest BCUT2D eigenvalue weighted by Crippen LogP contribution is 2.17. The van der Waals surface area contributed by atoms with Crippen LogP contribution >= 0.6 is 23.2 Å². The summed E-state index contributed by atoms with van der Waals surface area (Å²) in [4.78, 5) is 11.3. The summed E-state index contributed by atoms with van der Waals surface area (Å²) in [6.45, 7) is 4.04. The van der Waals surface area contributed by atoms with Crippen molar-refractivity contribution in [1.29, 1.82) is 0 Å². The van der Waals surface area contributed by atoms with Crippen LogP contribution in [-0.4, -0.2) is 19.1 Å². The summed E-state index contributed by atoms with van der Waals surface area (Å²) >= 11 is 11.3. The van der Waals surface area contributed by atoms with Crippen molar-refractivity contribution >= 4 is 29.1 Å². The maximum absolute atomic E-state index is 11.3. The third-order valence-corrected chi connectivity index (χ3v) is 2.24. The Morgan fingerprint density at radius 3 is 2.88 bits per heavy atom. The molecule has 0 fully saturated rings. The third-order valence-electron chi connectivity index (χ3n) is 1.87. The first-order chi connectivity index (χ1) is 8.08. The lowest BCUT2D eigenvalue weighted by molar-refractivity contribution is -0.121. The highest BCUT2D eigenvalue weighted by Gasteiger charge is 2.02. The van der Waals surface area contributed by atoms with E-state index in [9.17, 15) is 4.79 Å². The molecule has 1 aromatic rings. The predicted octanol–water partition coefficient (Wildman–Crippen LogP) is 2.98. The Morgan fingerprint density at radius 1 is 1.47 bits per heavy atom. The Bertz CT molecular complexity index is 407. The van der Waals surface area contributed by atoms with Gasteiger partial charge in [0.2, 0.25) is 5.91 Å². The number of halogens is 2. The van der Waals surface area contributed by atoms with Crippen molar-refractivity contribution < 1.29 is 9.53 Å². The fraction of sp³-hybridized carbons (Fsp3) is 0.250. The number of carbonyl (C=O) groups excluding carboxylic acids is 1. The number of ether oxygens (including phenoxy) is 1. The molecule has 1 N–H and O–H groups in total. The minimum atomic E-state index is -0.131. The molecule has 1 amide bonds. The van der Waals surface area contributed by atoms with Gasteiger partial charge in [-0.05, 0) is 18.2 Å². The van der Waals surface area contributed by atoms with Gasteiger partial charge < -0.3 is 10.1 Å². The van der Waals surface area contributed by atoms with Crippen LogP contribution in [0.4, 0.5) is 0 Å². The van der Waals surface area contributed by atoms with Crippen LogP contribution in [0.15, 0.2) is 35.9 Å². The lowest BCUT2D eigenvalue weighted by Crippen LogP contribution is -2.25. The van der Waals surface area contributed by atoms with Gasteiger partial charge in [-0.25, -0.2) is 0 Å². The van der Waals surface area contributed by atoms with Gasteiger partial charge in [-0.2, -0.15) is 0 Å². The molecule has 0 saturated heterocycles. The average molecular weight is 274 g/mol. The first-order valence-electron chi connectivity index (χ1n) is 5.06. The first kappa shape index (κ1) is 13.9. The van der Waals surface area contributed by atoms with Gasteiger partial charge in [-0.1, -0.05) is 35.8 Å². The van der Waals surface area contributed by atoms with E-state index in [1.807, 2.05) is 0 Å². The number of rotatable bonds is 6. The number of benzene rings is 1. The van der Waals surface area contributed by atoms with E-state index in [1.165, 1.54) is 0 Å². The highest BCUT2D eigenvalue weighted by molar-refractivity contribution is 6.30. The molecule has 0 radical (unpaired) electrons. The van der Waals surface area contributed by atoms with Crippen molar-refractivity contribution in [2.24, 2.45) is 0 Å². The molecule has 0 unspecified atom stereocenters. The lowest BCUT2D eigenvalue weighted by atomic mass is 10.3. The second-order valence-electron chi connectivity index (χ2n) is 3.35. The Labute approximate surface area is 110 Å². The van der Waals surface area contributed by atoms with Gasteiger partial charge in [0.1, 0.15) is 5.75 Å². The fourth-order valence-electron chi connectivity index (χ4n) is 1.10. The molecule has 0 aliphatic heterocycles. The van der Waals surface area contributed by atoms with E-state index in [2.05, 4.69) is 11.9 Å². The quantitative estimate of drug-likeness (QED) is 0.866. The van der Waals surface area contributed by atoms with Gasteiger partial charge in [0.25, 0.3) is 0 Å². The molecule has 0 aromatic heterocycles. The van der Waals surface area contributed by atoms with Gasteiger partial charge >= 0.3 is 0 Å². The topological polar surface area (TPSA) is 38.3 Å². The normalized spacial score (nSPS) is 9.76. The van der Waals surface area contributed by atoms with Crippen molar-refractivity contribution in [2.45, 2.75) is 6.42 Å². The Kier molecular flexibility index (Phi) is 5.87. The summed E-state index contributed by atoms with van der Waals surface area (Å²) in [7, 11) is 0. The summed E-state index contributed by atoms with van der Waals surface area (Å²) < 4.78 is 5.36. The zero-order valence-electron chi connectivity index (χ0n) is 9.21. The zero-order valence-corrected chi connectivity index (χ0v) is 10.7. The first-order valence-corrected chi connectivity index (χ1v) is 5.82. The molecular weight excluding hydrogens is 261 g/mol. The Morgan fingerprint density at radius 2 is 2.24 bits per heavy atom. The molecule has 3 nitrogen and oxygen atoms in total. The third kappa shape index (κ3) is 6.19. The van der Waals surface area contributed by atoms with Gasteiger partial charge in [0.05, 0.1) is 19.6 Å². The van der Waals surface area contributed by atoms with Crippen LogP contribution in [0.25, 0.3) is 0 Å². The van der Waals surface area contributed by atoms with Gasteiger partial charge in [0.15, 0.2) is 0 Å². The van der Waals surface area contributed by atoms with E-state index in [1.54, 1.807) is 24.3 Å². The van der Waals surface area contributed by atoms with Crippen LogP contribution in [0, 0.1) is 0 Å². The molecule has 0 heterocycles. The summed E-state index contributed by atoms with van der Waals surface area (Å²) in [6.07, 6.45) is 0.261. The van der Waals surface area contributed by atoms with Crippen LogP contribution < -0.4 is 10.1 Å². The Hall–Kier alpha value is -1.19. The van der Waals surface area contributed by atoms with Gasteiger partial charge in [0, 0.05) is 10.1 Å². The van der Waals surface area contributed by atoms with Gasteiger partial charge in [-0.3, -0.25) is 4.79 Å². The van der Waals surface area contributed by atoms with Crippen LogP contribution in [0.2, 0.25) is 5.02 Å². The maximum atomic E-state index is 11.3. The summed E-state index contributed by atoms with van der Waals surface area (Å²) in [6, 6.07) is 7.02. The molecule has 1 rings (SSSR count). The molecule has 0 aliphatic rings. The standard InChI is InChI=1S/C12H13Cl2NO2/c1-9(13)8-15-12(16)5-6-17-11-4-2-3-10(14)7-11/h2-4,7H,1,5-6,8H2,(H,15,16). The van der Waals surface area contributed by atoms with Crippen molar-refractivity contribution in [1.82, 2.24) is 5.32 Å². The van der Waals surface area contributed by atoms with E-state index < -0.39 is 0 Å². The zero-order chi connectivity index (χ0) is 12.7. The van der Waals surface area contributed by atoms with Crippen molar-refractivity contribution in [2.75, 3.05) is 13.2 Å². The molecule has 0 aliphatic carbocycles. The average Bonchev–Trinajstić information content (AvgIpc) is 2.26. The largest absolute Gasteiger partial charge is 0.493 e. The van der Waals surface area contributed by atoms with Crippen LogP contribution in [0.5, 0.6) is 5.75 Å². The number of carbonyl (C=O) groups is 1. The van der Waals surface area contributed by atoms with E-state index in [0.29, 0.717) is 22.4 Å². The van der Waals surface area contributed by atoms with E-state index in [4.69, 9.17) is 27.9 Å². The lowest BCUT2D eigenvalue weighted by Gasteiger charge is -2.06. The minimum Gasteiger partial charge on any atom is -0.493 e. The molecule has 17 heavy (non-hydrogen) atoms. The second kappa shape index (κ2) is 7.20. The van der Waals surface area contributed by atoms with Crippen LogP contribution in [-0.2, 0) is 4.79 Å². The highest BCUT2D eigenvalue weighted by atomic mass is 35.5. The SMILES string of the molecule is C=C(Cl)CNC(=O)CCOc1cccc(Cl)c1. The van der Waals surface area contributed by atoms with E-state index in [0.717, 1.165) is 0 Å². The maximum Gasteiger partial charge on any atom is 0.223 e. The van der Waals surface area contributed by atoms with Gasteiger partial charge in [-0.15, -0.1) is 0 Å². The minimum absolute atomic E-state index is 0.131. The molecule has 0 bridgehead atoms. The number of hydrogen-bond donors (Lipinski definition) is 1. The number of nitrogens with one attached hydrogen (secondary N) is 1. The number of amides is 1. The summed E-state index contributed by atoms with van der Waals surface area (Å²) in [5.41, 5.74) is 0. The summed E-state index contributed by atoms with van der Waals surface area (Å²) in [5.74, 6) is 0.515. The molecule has 92 valence electrons. The predicted molar refractivity (Wildman–Crippen MR) is 69.6 cm³/mol. The summed E-state index contributed by atoms with van der Waals surface area (Å²) in [5, 5.41) is 3.60. The molecular formula is C12H13Cl2NO2. The van der Waals surface area contributed by atoms with Crippen molar-refractivity contribution in [3.63, 3.8) is 0 Å². The Balaban J connectivity index is 2.23. The fourth-order valence-corrected chi connectivity index (χ4v) is 1.35. The smallest absolute Gasteiger partial charge is 0.223 e. The molecule has 0 spiro atoms. The molecule has 0 saturated carbocycles. The van der Waals surface area contributed by atoms with Crippen LogP contribution in [0.1, 0.15) is 6.42 Å². The van der Waals surface area contributed by atoms with E-state index in [-0.39, 0.29) is 18.9 Å². The van der Waals surface area contributed by atoms with Crippen molar-refractivity contribution in [3.05, 3.63) is 40.9 Å². The monoisotopic (exact) mass is 273 g/mol. The van der Waals surface area contributed by atoms with Crippen LogP contribution in [0.3, 0.4) is 0 Å². The van der Waals surface area contributed by atoms with Crippen molar-refractivity contribution in [3.8, 4) is 5.75 Å². The molecule has 0 atom stereocenters. The van der Waals surface area contributed by atoms with E-state index >= 15 is 0 Å². The second-order valence-corrected chi connectivity index (χ2v) is 4.32. The number of hydrogen-bond acceptors (Lipinski definition) is 2.